The van der Waals surface area contributed by atoms with Crippen LogP contribution in [0, 0.1) is 5.82 Å². The summed E-state index contributed by atoms with van der Waals surface area (Å²) in [4.78, 5) is 19.9. The average molecular weight is 460 g/mol. The van der Waals surface area contributed by atoms with E-state index in [1.807, 2.05) is 40.1 Å². The standard InChI is InChI=1S/C24H30FN3O3S/c25-22-9-7-20(8-10-22)19-26-11-4-12-28(14-13-26)24(29)23(21-5-2-1-3-6-21)27-15-17-32(30,31)18-16-27/h1-3,5-10,23H,4,11-19H2. The molecule has 32 heavy (non-hydrogen) atoms. The van der Waals surface area contributed by atoms with Crippen molar-refractivity contribution < 1.29 is 17.6 Å². The zero-order valence-electron chi connectivity index (χ0n) is 18.2. The predicted molar refractivity (Wildman–Crippen MR) is 122 cm³/mol. The van der Waals surface area contributed by atoms with E-state index in [-0.39, 0.29) is 23.2 Å². The number of benzene rings is 2. The third-order valence-corrected chi connectivity index (χ3v) is 7.92. The van der Waals surface area contributed by atoms with E-state index in [0.29, 0.717) is 26.2 Å². The second-order valence-electron chi connectivity index (χ2n) is 8.58. The molecule has 2 aromatic rings. The molecular weight excluding hydrogens is 429 g/mol. The third-order valence-electron chi connectivity index (χ3n) is 6.31. The molecule has 2 aliphatic heterocycles. The van der Waals surface area contributed by atoms with Crippen LogP contribution in [-0.2, 0) is 21.2 Å². The molecule has 0 N–H and O–H groups in total. The summed E-state index contributed by atoms with van der Waals surface area (Å²) in [5.74, 6) is -0.0117. The molecule has 1 unspecified atom stereocenters. The number of sulfone groups is 1. The summed E-state index contributed by atoms with van der Waals surface area (Å²) in [6.07, 6.45) is 0.864. The summed E-state index contributed by atoms with van der Waals surface area (Å²) in [6, 6.07) is 15.8. The van der Waals surface area contributed by atoms with Crippen molar-refractivity contribution in [3.8, 4) is 0 Å². The smallest absolute Gasteiger partial charge is 0.244 e. The Morgan fingerprint density at radius 1 is 0.875 bits per heavy atom. The molecule has 0 radical (unpaired) electrons. The van der Waals surface area contributed by atoms with E-state index in [4.69, 9.17) is 0 Å². The minimum Gasteiger partial charge on any atom is -0.340 e. The van der Waals surface area contributed by atoms with Crippen molar-refractivity contribution in [2.24, 2.45) is 0 Å². The van der Waals surface area contributed by atoms with Crippen molar-refractivity contribution in [1.29, 1.82) is 0 Å². The van der Waals surface area contributed by atoms with Crippen molar-refractivity contribution in [1.82, 2.24) is 14.7 Å². The number of hydrogen-bond donors (Lipinski definition) is 0. The van der Waals surface area contributed by atoms with Crippen LogP contribution in [0.5, 0.6) is 0 Å². The summed E-state index contributed by atoms with van der Waals surface area (Å²) < 4.78 is 37.0. The van der Waals surface area contributed by atoms with Gasteiger partial charge in [-0.2, -0.15) is 0 Å². The molecule has 2 heterocycles. The zero-order valence-corrected chi connectivity index (χ0v) is 19.0. The molecule has 2 aliphatic rings. The van der Waals surface area contributed by atoms with Gasteiger partial charge in [0.25, 0.3) is 0 Å². The molecule has 0 aromatic heterocycles. The van der Waals surface area contributed by atoms with E-state index < -0.39 is 15.9 Å². The van der Waals surface area contributed by atoms with Gasteiger partial charge in [-0.3, -0.25) is 14.6 Å². The molecule has 2 aromatic carbocycles. The van der Waals surface area contributed by atoms with Crippen LogP contribution in [0.25, 0.3) is 0 Å². The van der Waals surface area contributed by atoms with Crippen molar-refractivity contribution in [3.63, 3.8) is 0 Å². The van der Waals surface area contributed by atoms with Gasteiger partial charge in [0.15, 0.2) is 9.84 Å². The Morgan fingerprint density at radius 2 is 1.56 bits per heavy atom. The Balaban J connectivity index is 1.45. The fraction of sp³-hybridized carbons (Fsp3) is 0.458. The van der Waals surface area contributed by atoms with Gasteiger partial charge >= 0.3 is 0 Å². The first-order valence-electron chi connectivity index (χ1n) is 11.2. The van der Waals surface area contributed by atoms with Crippen molar-refractivity contribution >= 4 is 15.7 Å². The van der Waals surface area contributed by atoms with Gasteiger partial charge in [0.2, 0.25) is 5.91 Å². The minimum atomic E-state index is -3.02. The molecule has 0 saturated carbocycles. The number of carbonyl (C=O) groups is 1. The normalized spacial score (nSPS) is 21.1. The lowest BCUT2D eigenvalue weighted by atomic mass is 10.0. The van der Waals surface area contributed by atoms with Gasteiger partial charge in [-0.25, -0.2) is 12.8 Å². The highest BCUT2D eigenvalue weighted by Crippen LogP contribution is 2.26. The third kappa shape index (κ3) is 5.74. The van der Waals surface area contributed by atoms with E-state index in [1.165, 1.54) is 12.1 Å². The number of nitrogens with zero attached hydrogens (tertiary/aromatic N) is 3. The molecule has 1 atom stereocenters. The quantitative estimate of drug-likeness (QED) is 0.687. The van der Waals surface area contributed by atoms with Gasteiger partial charge < -0.3 is 4.90 Å². The predicted octanol–water partition coefficient (Wildman–Crippen LogP) is 2.33. The van der Waals surface area contributed by atoms with E-state index in [2.05, 4.69) is 4.90 Å². The Labute approximate surface area is 189 Å². The van der Waals surface area contributed by atoms with Gasteiger partial charge in [-0.1, -0.05) is 42.5 Å². The first-order valence-corrected chi connectivity index (χ1v) is 13.0. The first-order chi connectivity index (χ1) is 15.4. The monoisotopic (exact) mass is 459 g/mol. The van der Waals surface area contributed by atoms with Crippen LogP contribution in [0.2, 0.25) is 0 Å². The number of rotatable bonds is 5. The maximum Gasteiger partial charge on any atom is 0.244 e. The Hall–Kier alpha value is -2.29. The van der Waals surface area contributed by atoms with Gasteiger partial charge in [0.05, 0.1) is 11.5 Å². The van der Waals surface area contributed by atoms with Gasteiger partial charge in [0, 0.05) is 45.8 Å². The molecule has 0 spiro atoms. The van der Waals surface area contributed by atoms with E-state index in [1.54, 1.807) is 12.1 Å². The topological polar surface area (TPSA) is 60.9 Å². The van der Waals surface area contributed by atoms with Crippen LogP contribution in [-0.4, -0.2) is 79.8 Å². The summed E-state index contributed by atoms with van der Waals surface area (Å²) in [5.41, 5.74) is 1.96. The Morgan fingerprint density at radius 3 is 2.25 bits per heavy atom. The summed E-state index contributed by atoms with van der Waals surface area (Å²) in [7, 11) is -3.02. The molecule has 4 rings (SSSR count). The van der Waals surface area contributed by atoms with Crippen LogP contribution >= 0.6 is 0 Å². The first kappa shape index (κ1) is 22.9. The maximum absolute atomic E-state index is 13.7. The van der Waals surface area contributed by atoms with E-state index in [9.17, 15) is 17.6 Å². The number of halogens is 1. The lowest BCUT2D eigenvalue weighted by Gasteiger charge is -2.36. The fourth-order valence-corrected chi connectivity index (χ4v) is 5.73. The number of hydrogen-bond acceptors (Lipinski definition) is 5. The van der Waals surface area contributed by atoms with Crippen LogP contribution in [0.4, 0.5) is 4.39 Å². The number of amides is 1. The molecule has 0 bridgehead atoms. The van der Waals surface area contributed by atoms with Gasteiger partial charge in [0.1, 0.15) is 11.9 Å². The second kappa shape index (κ2) is 10.1. The lowest BCUT2D eigenvalue weighted by Crippen LogP contribution is -2.49. The SMILES string of the molecule is O=C(C(c1ccccc1)N1CCS(=O)(=O)CC1)N1CCCN(Cc2ccc(F)cc2)CC1. The molecule has 1 amide bonds. The minimum absolute atomic E-state index is 0.0409. The van der Waals surface area contributed by atoms with Crippen molar-refractivity contribution in [2.45, 2.75) is 19.0 Å². The molecule has 6 nitrogen and oxygen atoms in total. The zero-order chi connectivity index (χ0) is 22.6. The van der Waals surface area contributed by atoms with Crippen molar-refractivity contribution in [2.75, 3.05) is 50.8 Å². The van der Waals surface area contributed by atoms with E-state index >= 15 is 0 Å². The molecule has 2 saturated heterocycles. The van der Waals surface area contributed by atoms with Crippen LogP contribution in [0.1, 0.15) is 23.6 Å². The summed E-state index contributed by atoms with van der Waals surface area (Å²) in [5, 5.41) is 0. The molecule has 0 aliphatic carbocycles. The molecule has 2 fully saturated rings. The highest BCUT2D eigenvalue weighted by Gasteiger charge is 2.35. The second-order valence-corrected chi connectivity index (χ2v) is 10.9. The maximum atomic E-state index is 13.7. The fourth-order valence-electron chi connectivity index (χ4n) is 4.50. The Kier molecular flexibility index (Phi) is 7.23. The largest absolute Gasteiger partial charge is 0.340 e. The van der Waals surface area contributed by atoms with Crippen LogP contribution < -0.4 is 0 Å². The van der Waals surface area contributed by atoms with Crippen LogP contribution in [0.15, 0.2) is 54.6 Å². The van der Waals surface area contributed by atoms with E-state index in [0.717, 1.165) is 37.2 Å². The van der Waals surface area contributed by atoms with Crippen LogP contribution in [0.3, 0.4) is 0 Å². The lowest BCUT2D eigenvalue weighted by molar-refractivity contribution is -0.137. The Bertz CT molecular complexity index is 1000. The highest BCUT2D eigenvalue weighted by atomic mass is 32.2. The number of carbonyl (C=O) groups excluding carboxylic acids is 1. The van der Waals surface area contributed by atoms with Gasteiger partial charge in [-0.05, 0) is 29.7 Å². The van der Waals surface area contributed by atoms with Crippen molar-refractivity contribution in [3.05, 3.63) is 71.5 Å². The highest BCUT2D eigenvalue weighted by molar-refractivity contribution is 7.91. The molecule has 8 heteroatoms. The summed E-state index contributed by atoms with van der Waals surface area (Å²) in [6.45, 7) is 4.40. The summed E-state index contributed by atoms with van der Waals surface area (Å²) >= 11 is 0. The molecule has 172 valence electrons. The average Bonchev–Trinajstić information content (AvgIpc) is 3.03. The van der Waals surface area contributed by atoms with Gasteiger partial charge in [-0.15, -0.1) is 0 Å². The molecular formula is C24H30FN3O3S.